The zero-order valence-corrected chi connectivity index (χ0v) is 12.2. The van der Waals surface area contributed by atoms with Crippen molar-refractivity contribution in [3.05, 3.63) is 29.8 Å². The summed E-state index contributed by atoms with van der Waals surface area (Å²) >= 11 is 0. The summed E-state index contributed by atoms with van der Waals surface area (Å²) in [6.45, 7) is 8.70. The monoisotopic (exact) mass is 248 g/mol. The Hall–Kier alpha value is -1.02. The molecule has 1 rings (SSSR count). The maximum absolute atomic E-state index is 5.58. The number of unbranched alkanes of at least 4 members (excludes halogenated alkanes) is 1. The van der Waals surface area contributed by atoms with E-state index in [0.29, 0.717) is 6.04 Å². The lowest BCUT2D eigenvalue weighted by Crippen LogP contribution is -2.33. The first-order chi connectivity index (χ1) is 8.72. The van der Waals surface area contributed by atoms with Gasteiger partial charge in [-0.15, -0.1) is 0 Å². The molecule has 0 aliphatic carbocycles. The highest BCUT2D eigenvalue weighted by Crippen LogP contribution is 2.20. The third-order valence-electron chi connectivity index (χ3n) is 3.58. The van der Waals surface area contributed by atoms with Crippen molar-refractivity contribution in [2.75, 3.05) is 18.0 Å². The summed E-state index contributed by atoms with van der Waals surface area (Å²) in [5, 5.41) is 0. The first-order valence-electron chi connectivity index (χ1n) is 7.28. The van der Waals surface area contributed by atoms with E-state index in [2.05, 4.69) is 49.9 Å². The first kappa shape index (κ1) is 15.0. The lowest BCUT2D eigenvalue weighted by molar-refractivity contribution is 0.596. The highest BCUT2D eigenvalue weighted by molar-refractivity contribution is 5.48. The molecule has 1 aromatic rings. The number of hydrogen-bond acceptors (Lipinski definition) is 2. The Labute approximate surface area is 112 Å². The Balaban J connectivity index is 2.77. The van der Waals surface area contributed by atoms with Crippen LogP contribution in [0.2, 0.25) is 0 Å². The molecular formula is C16H28N2. The van der Waals surface area contributed by atoms with Crippen molar-refractivity contribution < 1.29 is 0 Å². The number of hydrogen-bond donors (Lipinski definition) is 1. The van der Waals surface area contributed by atoms with Crippen LogP contribution in [0.25, 0.3) is 0 Å². The molecule has 0 aliphatic rings. The molecule has 2 N–H and O–H groups in total. The molecule has 0 radical (unpaired) electrons. The minimum absolute atomic E-state index is 0.608. The van der Waals surface area contributed by atoms with E-state index in [0.717, 1.165) is 19.5 Å². The molecule has 1 unspecified atom stereocenters. The number of nitrogens with zero attached hydrogens (tertiary/aromatic N) is 1. The summed E-state index contributed by atoms with van der Waals surface area (Å²) in [6.07, 6.45) is 4.67. The third-order valence-corrected chi connectivity index (χ3v) is 3.58. The molecule has 1 aromatic carbocycles. The van der Waals surface area contributed by atoms with Gasteiger partial charge in [0.2, 0.25) is 0 Å². The average Bonchev–Trinajstić information content (AvgIpc) is 2.41. The standard InChI is InChI=1S/C16H28N2/c1-4-6-13-18(14(3)5-2)16-9-7-15(8-10-16)11-12-17/h7-10,14H,4-6,11-13,17H2,1-3H3. The van der Waals surface area contributed by atoms with Crippen LogP contribution in [0.1, 0.15) is 45.6 Å². The van der Waals surface area contributed by atoms with Crippen LogP contribution in [0, 0.1) is 0 Å². The number of nitrogens with two attached hydrogens (primary N) is 1. The van der Waals surface area contributed by atoms with E-state index in [1.807, 2.05) is 0 Å². The Morgan fingerprint density at radius 3 is 2.33 bits per heavy atom. The van der Waals surface area contributed by atoms with Gasteiger partial charge in [0, 0.05) is 18.3 Å². The molecule has 0 aliphatic heterocycles. The maximum atomic E-state index is 5.58. The fourth-order valence-corrected chi connectivity index (χ4v) is 2.17. The smallest absolute Gasteiger partial charge is 0.0368 e. The van der Waals surface area contributed by atoms with Crippen molar-refractivity contribution in [1.29, 1.82) is 0 Å². The fourth-order valence-electron chi connectivity index (χ4n) is 2.17. The van der Waals surface area contributed by atoms with Gasteiger partial charge in [0.05, 0.1) is 0 Å². The zero-order valence-electron chi connectivity index (χ0n) is 12.2. The van der Waals surface area contributed by atoms with Gasteiger partial charge < -0.3 is 10.6 Å². The Morgan fingerprint density at radius 1 is 1.17 bits per heavy atom. The summed E-state index contributed by atoms with van der Waals surface area (Å²) < 4.78 is 0. The molecular weight excluding hydrogens is 220 g/mol. The van der Waals surface area contributed by atoms with Crippen molar-refractivity contribution in [2.24, 2.45) is 5.73 Å². The minimum Gasteiger partial charge on any atom is -0.369 e. The van der Waals surface area contributed by atoms with Gasteiger partial charge in [-0.1, -0.05) is 32.4 Å². The second-order valence-electron chi connectivity index (χ2n) is 5.01. The lowest BCUT2D eigenvalue weighted by Gasteiger charge is -2.31. The molecule has 0 heterocycles. The van der Waals surface area contributed by atoms with Crippen molar-refractivity contribution in [3.63, 3.8) is 0 Å². The van der Waals surface area contributed by atoms with Crippen LogP contribution < -0.4 is 10.6 Å². The van der Waals surface area contributed by atoms with Gasteiger partial charge in [-0.2, -0.15) is 0 Å². The van der Waals surface area contributed by atoms with Gasteiger partial charge >= 0.3 is 0 Å². The van der Waals surface area contributed by atoms with Gasteiger partial charge in [-0.25, -0.2) is 0 Å². The lowest BCUT2D eigenvalue weighted by atomic mass is 10.1. The second-order valence-corrected chi connectivity index (χ2v) is 5.01. The molecule has 18 heavy (non-hydrogen) atoms. The van der Waals surface area contributed by atoms with E-state index in [-0.39, 0.29) is 0 Å². The Morgan fingerprint density at radius 2 is 1.83 bits per heavy atom. The van der Waals surface area contributed by atoms with Gasteiger partial charge in [-0.3, -0.25) is 0 Å². The van der Waals surface area contributed by atoms with Crippen LogP contribution in [-0.2, 0) is 6.42 Å². The van der Waals surface area contributed by atoms with Gasteiger partial charge in [-0.05, 0) is 50.4 Å². The summed E-state index contributed by atoms with van der Waals surface area (Å²) in [7, 11) is 0. The van der Waals surface area contributed by atoms with Crippen molar-refractivity contribution in [1.82, 2.24) is 0 Å². The second kappa shape index (κ2) is 8.15. The highest BCUT2D eigenvalue weighted by Gasteiger charge is 2.12. The minimum atomic E-state index is 0.608. The molecule has 102 valence electrons. The number of rotatable bonds is 8. The van der Waals surface area contributed by atoms with Gasteiger partial charge in [0.1, 0.15) is 0 Å². The van der Waals surface area contributed by atoms with E-state index in [9.17, 15) is 0 Å². The van der Waals surface area contributed by atoms with Crippen molar-refractivity contribution in [3.8, 4) is 0 Å². The van der Waals surface area contributed by atoms with Crippen molar-refractivity contribution in [2.45, 2.75) is 52.5 Å². The predicted octanol–water partition coefficient (Wildman–Crippen LogP) is 3.59. The van der Waals surface area contributed by atoms with E-state index in [1.165, 1.54) is 30.5 Å². The largest absolute Gasteiger partial charge is 0.369 e. The van der Waals surface area contributed by atoms with Crippen LogP contribution in [0.15, 0.2) is 24.3 Å². The van der Waals surface area contributed by atoms with Crippen LogP contribution in [0.4, 0.5) is 5.69 Å². The Kier molecular flexibility index (Phi) is 6.81. The fraction of sp³-hybridized carbons (Fsp3) is 0.625. The van der Waals surface area contributed by atoms with Gasteiger partial charge in [0.15, 0.2) is 0 Å². The van der Waals surface area contributed by atoms with Crippen LogP contribution in [-0.4, -0.2) is 19.1 Å². The van der Waals surface area contributed by atoms with Crippen LogP contribution in [0.5, 0.6) is 0 Å². The quantitative estimate of drug-likeness (QED) is 0.761. The van der Waals surface area contributed by atoms with E-state index >= 15 is 0 Å². The number of anilines is 1. The highest BCUT2D eigenvalue weighted by atomic mass is 15.2. The first-order valence-corrected chi connectivity index (χ1v) is 7.28. The molecule has 0 aromatic heterocycles. The predicted molar refractivity (Wildman–Crippen MR) is 81.2 cm³/mol. The SMILES string of the molecule is CCCCN(c1ccc(CCN)cc1)C(C)CC. The summed E-state index contributed by atoms with van der Waals surface area (Å²) in [4.78, 5) is 2.52. The summed E-state index contributed by atoms with van der Waals surface area (Å²) in [5.74, 6) is 0. The molecule has 0 spiro atoms. The van der Waals surface area contributed by atoms with E-state index in [4.69, 9.17) is 5.73 Å². The van der Waals surface area contributed by atoms with Crippen LogP contribution >= 0.6 is 0 Å². The molecule has 0 fully saturated rings. The topological polar surface area (TPSA) is 29.3 Å². The average molecular weight is 248 g/mol. The van der Waals surface area contributed by atoms with Crippen molar-refractivity contribution >= 4 is 5.69 Å². The normalized spacial score (nSPS) is 12.4. The zero-order chi connectivity index (χ0) is 13.4. The van der Waals surface area contributed by atoms with Gasteiger partial charge in [0.25, 0.3) is 0 Å². The molecule has 1 atom stereocenters. The molecule has 0 saturated heterocycles. The Bertz CT molecular complexity index is 318. The molecule has 2 nitrogen and oxygen atoms in total. The summed E-state index contributed by atoms with van der Waals surface area (Å²) in [6, 6.07) is 9.52. The third kappa shape index (κ3) is 4.34. The van der Waals surface area contributed by atoms with E-state index in [1.54, 1.807) is 0 Å². The molecule has 0 amide bonds. The van der Waals surface area contributed by atoms with Crippen LogP contribution in [0.3, 0.4) is 0 Å². The number of benzene rings is 1. The molecule has 2 heteroatoms. The maximum Gasteiger partial charge on any atom is 0.0368 e. The molecule has 0 saturated carbocycles. The molecule has 0 bridgehead atoms. The van der Waals surface area contributed by atoms with E-state index < -0.39 is 0 Å². The summed E-state index contributed by atoms with van der Waals surface area (Å²) in [5.41, 5.74) is 8.26.